The monoisotopic (exact) mass is 271 g/mol. The number of aryl methyl sites for hydroxylation is 3. The summed E-state index contributed by atoms with van der Waals surface area (Å²) in [5.74, 6) is -0.104. The zero-order valence-electron chi connectivity index (χ0n) is 12.6. The van der Waals surface area contributed by atoms with Crippen LogP contribution in [0.3, 0.4) is 0 Å². The maximum Gasteiger partial charge on any atom is 0.129 e. The maximum atomic E-state index is 13.8. The second-order valence-electron chi connectivity index (χ2n) is 5.37. The van der Waals surface area contributed by atoms with Crippen molar-refractivity contribution in [3.63, 3.8) is 0 Å². The van der Waals surface area contributed by atoms with E-state index in [9.17, 15) is 4.39 Å². The first-order chi connectivity index (χ1) is 9.52. The molecule has 2 aromatic rings. The standard InChI is InChI=1S/C18H22FN/c1-5-20-18(15-8-6-12(2)7-9-15)16-10-13(3)17(19)14(4)11-16/h6-11,18,20H,5H2,1-4H3. The molecule has 0 aromatic heterocycles. The van der Waals surface area contributed by atoms with Gasteiger partial charge in [-0.25, -0.2) is 4.39 Å². The Hall–Kier alpha value is -1.67. The van der Waals surface area contributed by atoms with E-state index in [4.69, 9.17) is 0 Å². The summed E-state index contributed by atoms with van der Waals surface area (Å²) in [4.78, 5) is 0. The van der Waals surface area contributed by atoms with Gasteiger partial charge in [0, 0.05) is 0 Å². The Morgan fingerprint density at radius 3 is 2.00 bits per heavy atom. The molecule has 0 aliphatic heterocycles. The number of hydrogen-bond acceptors (Lipinski definition) is 1. The summed E-state index contributed by atoms with van der Waals surface area (Å²) in [5, 5.41) is 3.49. The highest BCUT2D eigenvalue weighted by molar-refractivity contribution is 5.38. The van der Waals surface area contributed by atoms with Gasteiger partial charge in [-0.15, -0.1) is 0 Å². The van der Waals surface area contributed by atoms with Gasteiger partial charge in [-0.2, -0.15) is 0 Å². The molecule has 0 aliphatic rings. The van der Waals surface area contributed by atoms with E-state index in [2.05, 4.69) is 43.4 Å². The van der Waals surface area contributed by atoms with Crippen LogP contribution in [0.1, 0.15) is 40.8 Å². The van der Waals surface area contributed by atoms with Gasteiger partial charge in [0.15, 0.2) is 0 Å². The first kappa shape index (κ1) is 14.7. The molecule has 0 heterocycles. The summed E-state index contributed by atoms with van der Waals surface area (Å²) in [7, 11) is 0. The van der Waals surface area contributed by atoms with Crippen LogP contribution in [0.15, 0.2) is 36.4 Å². The minimum atomic E-state index is -0.104. The fourth-order valence-corrected chi connectivity index (χ4v) is 2.54. The van der Waals surface area contributed by atoms with E-state index in [-0.39, 0.29) is 11.9 Å². The third kappa shape index (κ3) is 3.07. The van der Waals surface area contributed by atoms with E-state index >= 15 is 0 Å². The van der Waals surface area contributed by atoms with E-state index in [0.717, 1.165) is 12.1 Å². The van der Waals surface area contributed by atoms with Gasteiger partial charge < -0.3 is 5.32 Å². The Bertz CT molecular complexity index is 564. The molecule has 0 radical (unpaired) electrons. The fraction of sp³-hybridized carbons (Fsp3) is 0.333. The molecule has 0 amide bonds. The average molecular weight is 271 g/mol. The number of nitrogens with one attached hydrogen (secondary N) is 1. The lowest BCUT2D eigenvalue weighted by molar-refractivity contribution is 0.598. The molecule has 0 saturated carbocycles. The van der Waals surface area contributed by atoms with Gasteiger partial charge in [0.05, 0.1) is 6.04 Å². The molecular formula is C18H22FN. The number of hydrogen-bond donors (Lipinski definition) is 1. The van der Waals surface area contributed by atoms with Crippen LogP contribution in [-0.4, -0.2) is 6.54 Å². The molecule has 1 unspecified atom stereocenters. The van der Waals surface area contributed by atoms with Crippen molar-refractivity contribution in [1.29, 1.82) is 0 Å². The molecule has 0 spiro atoms. The highest BCUT2D eigenvalue weighted by Gasteiger charge is 2.15. The second-order valence-corrected chi connectivity index (χ2v) is 5.37. The smallest absolute Gasteiger partial charge is 0.129 e. The first-order valence-corrected chi connectivity index (χ1v) is 7.09. The van der Waals surface area contributed by atoms with Crippen molar-refractivity contribution in [2.75, 3.05) is 6.54 Å². The largest absolute Gasteiger partial charge is 0.307 e. The molecule has 0 fully saturated rings. The van der Waals surface area contributed by atoms with Crippen molar-refractivity contribution in [1.82, 2.24) is 5.32 Å². The molecule has 1 N–H and O–H groups in total. The topological polar surface area (TPSA) is 12.0 Å². The second kappa shape index (κ2) is 6.19. The van der Waals surface area contributed by atoms with Gasteiger partial charge >= 0.3 is 0 Å². The van der Waals surface area contributed by atoms with Gasteiger partial charge in [0.25, 0.3) is 0 Å². The van der Waals surface area contributed by atoms with Gasteiger partial charge in [-0.1, -0.05) is 48.9 Å². The maximum absolute atomic E-state index is 13.8. The molecule has 2 heteroatoms. The molecule has 2 rings (SSSR count). The van der Waals surface area contributed by atoms with Gasteiger partial charge in [0.1, 0.15) is 5.82 Å². The quantitative estimate of drug-likeness (QED) is 0.866. The molecule has 1 nitrogen and oxygen atoms in total. The molecular weight excluding hydrogens is 249 g/mol. The summed E-state index contributed by atoms with van der Waals surface area (Å²) in [6.45, 7) is 8.69. The summed E-state index contributed by atoms with van der Waals surface area (Å²) in [6, 6.07) is 12.5. The van der Waals surface area contributed by atoms with E-state index < -0.39 is 0 Å². The Kier molecular flexibility index (Phi) is 4.56. The van der Waals surface area contributed by atoms with Crippen molar-refractivity contribution in [2.24, 2.45) is 0 Å². The van der Waals surface area contributed by atoms with Crippen molar-refractivity contribution in [3.05, 3.63) is 70.0 Å². The van der Waals surface area contributed by atoms with Crippen molar-refractivity contribution in [3.8, 4) is 0 Å². The van der Waals surface area contributed by atoms with Crippen LogP contribution in [0.5, 0.6) is 0 Å². The van der Waals surface area contributed by atoms with Gasteiger partial charge in [-0.3, -0.25) is 0 Å². The lowest BCUT2D eigenvalue weighted by Gasteiger charge is -2.20. The number of rotatable bonds is 4. The highest BCUT2D eigenvalue weighted by atomic mass is 19.1. The Labute approximate surface area is 120 Å². The van der Waals surface area contributed by atoms with Crippen LogP contribution in [0.25, 0.3) is 0 Å². The molecule has 2 aromatic carbocycles. The number of halogens is 1. The third-order valence-electron chi connectivity index (χ3n) is 3.61. The predicted octanol–water partition coefficient (Wildman–Crippen LogP) is 4.45. The third-order valence-corrected chi connectivity index (χ3v) is 3.61. The predicted molar refractivity (Wildman–Crippen MR) is 82.6 cm³/mol. The minimum Gasteiger partial charge on any atom is -0.307 e. The average Bonchev–Trinajstić information content (AvgIpc) is 2.43. The lowest BCUT2D eigenvalue weighted by Crippen LogP contribution is -2.22. The molecule has 106 valence electrons. The summed E-state index contributed by atoms with van der Waals surface area (Å²) >= 11 is 0. The fourth-order valence-electron chi connectivity index (χ4n) is 2.54. The Morgan fingerprint density at radius 2 is 1.50 bits per heavy atom. The van der Waals surface area contributed by atoms with Crippen molar-refractivity contribution < 1.29 is 4.39 Å². The van der Waals surface area contributed by atoms with Crippen LogP contribution >= 0.6 is 0 Å². The first-order valence-electron chi connectivity index (χ1n) is 7.09. The van der Waals surface area contributed by atoms with E-state index in [1.54, 1.807) is 0 Å². The number of benzene rings is 2. The zero-order valence-corrected chi connectivity index (χ0v) is 12.6. The summed E-state index contributed by atoms with van der Waals surface area (Å²) in [5.41, 5.74) is 4.98. The van der Waals surface area contributed by atoms with Crippen LogP contribution < -0.4 is 5.32 Å². The van der Waals surface area contributed by atoms with Crippen LogP contribution in [-0.2, 0) is 0 Å². The lowest BCUT2D eigenvalue weighted by atomic mass is 9.94. The van der Waals surface area contributed by atoms with E-state index in [1.165, 1.54) is 11.1 Å². The summed E-state index contributed by atoms with van der Waals surface area (Å²) < 4.78 is 13.8. The molecule has 20 heavy (non-hydrogen) atoms. The Morgan fingerprint density at radius 1 is 0.950 bits per heavy atom. The van der Waals surface area contributed by atoms with Gasteiger partial charge in [-0.05, 0) is 49.6 Å². The highest BCUT2D eigenvalue weighted by Crippen LogP contribution is 2.26. The van der Waals surface area contributed by atoms with E-state index in [1.807, 2.05) is 26.0 Å². The van der Waals surface area contributed by atoms with E-state index in [0.29, 0.717) is 11.1 Å². The van der Waals surface area contributed by atoms with Crippen LogP contribution in [0, 0.1) is 26.6 Å². The van der Waals surface area contributed by atoms with Crippen LogP contribution in [0.4, 0.5) is 4.39 Å². The normalized spacial score (nSPS) is 12.4. The van der Waals surface area contributed by atoms with Crippen molar-refractivity contribution in [2.45, 2.75) is 33.7 Å². The van der Waals surface area contributed by atoms with Gasteiger partial charge in [0.2, 0.25) is 0 Å². The Balaban J connectivity index is 2.45. The SMILES string of the molecule is CCNC(c1ccc(C)cc1)c1cc(C)c(F)c(C)c1. The molecule has 0 saturated heterocycles. The molecule has 0 aliphatic carbocycles. The molecule has 0 bridgehead atoms. The van der Waals surface area contributed by atoms with Crippen molar-refractivity contribution >= 4 is 0 Å². The molecule has 1 atom stereocenters. The zero-order chi connectivity index (χ0) is 14.7. The summed E-state index contributed by atoms with van der Waals surface area (Å²) in [6.07, 6.45) is 0. The van der Waals surface area contributed by atoms with Crippen LogP contribution in [0.2, 0.25) is 0 Å². The minimum absolute atomic E-state index is 0.104.